The van der Waals surface area contributed by atoms with Crippen molar-refractivity contribution in [1.29, 1.82) is 0 Å². The Bertz CT molecular complexity index is 1400. The highest BCUT2D eigenvalue weighted by Gasteiger charge is 2.11. The second kappa shape index (κ2) is 14.4. The first-order valence-electron chi connectivity index (χ1n) is 13.5. The van der Waals surface area contributed by atoms with E-state index in [1.807, 2.05) is 43.3 Å². The number of halogens is 1. The molecule has 1 amide bonds. The largest absolute Gasteiger partial charge is 0.493 e. The lowest BCUT2D eigenvalue weighted by molar-refractivity contribution is 0.0953. The summed E-state index contributed by atoms with van der Waals surface area (Å²) in [7, 11) is 1.67. The van der Waals surface area contributed by atoms with Crippen LogP contribution in [0, 0.1) is 0 Å². The molecule has 3 aromatic carbocycles. The normalized spacial score (nSPS) is 11.3. The third kappa shape index (κ3) is 7.87. The molecule has 39 heavy (non-hydrogen) atoms. The monoisotopic (exact) mass is 545 g/mol. The van der Waals surface area contributed by atoms with Crippen molar-refractivity contribution in [3.63, 3.8) is 0 Å². The van der Waals surface area contributed by atoms with E-state index < -0.39 is 0 Å². The number of nitrogens with one attached hydrogen (secondary N) is 1. The Morgan fingerprint density at radius 3 is 2.62 bits per heavy atom. The molecule has 0 radical (unpaired) electrons. The summed E-state index contributed by atoms with van der Waals surface area (Å²) in [4.78, 5) is 17.2. The molecule has 204 valence electrons. The number of aryl methyl sites for hydroxylation is 2. The number of para-hydroxylation sites is 2. The summed E-state index contributed by atoms with van der Waals surface area (Å²) in [6, 6.07) is 21.2. The number of methoxy groups -OCH3 is 1. The molecule has 0 saturated heterocycles. The lowest BCUT2D eigenvalue weighted by atomic mass is 10.1. The van der Waals surface area contributed by atoms with Crippen LogP contribution in [0.15, 0.2) is 72.8 Å². The minimum absolute atomic E-state index is 0.0676. The van der Waals surface area contributed by atoms with Gasteiger partial charge in [-0.1, -0.05) is 48.4 Å². The van der Waals surface area contributed by atoms with Crippen LogP contribution in [-0.4, -0.2) is 35.7 Å². The van der Waals surface area contributed by atoms with Crippen LogP contribution in [0.25, 0.3) is 17.1 Å². The Balaban J connectivity index is 1.26. The van der Waals surface area contributed by atoms with Gasteiger partial charge < -0.3 is 19.4 Å². The second-order valence-electron chi connectivity index (χ2n) is 9.35. The highest BCUT2D eigenvalue weighted by Crippen LogP contribution is 2.29. The van der Waals surface area contributed by atoms with Gasteiger partial charge in [0.15, 0.2) is 11.5 Å². The summed E-state index contributed by atoms with van der Waals surface area (Å²) in [6.07, 6.45) is 8.72. The number of ether oxygens (including phenoxy) is 2. The molecular formula is C32H36ClN3O3. The zero-order valence-corrected chi connectivity index (χ0v) is 23.4. The van der Waals surface area contributed by atoms with Gasteiger partial charge >= 0.3 is 0 Å². The molecule has 0 atom stereocenters. The highest BCUT2D eigenvalue weighted by atomic mass is 35.5. The average molecular weight is 546 g/mol. The molecule has 0 aliphatic carbocycles. The van der Waals surface area contributed by atoms with Crippen molar-refractivity contribution in [1.82, 2.24) is 14.9 Å². The van der Waals surface area contributed by atoms with Gasteiger partial charge in [-0.05, 0) is 80.3 Å². The van der Waals surface area contributed by atoms with Gasteiger partial charge in [0, 0.05) is 30.1 Å². The summed E-state index contributed by atoms with van der Waals surface area (Å²) in [5.41, 5.74) is 3.88. The number of unbranched alkanes of at least 4 members (excludes halogenated alkanes) is 2. The third-order valence-electron chi connectivity index (χ3n) is 6.53. The highest BCUT2D eigenvalue weighted by molar-refractivity contribution is 6.30. The molecule has 0 aliphatic heterocycles. The Morgan fingerprint density at radius 2 is 1.82 bits per heavy atom. The lowest BCUT2D eigenvalue weighted by Crippen LogP contribution is -2.24. The molecule has 0 fully saturated rings. The number of aromatic nitrogens is 2. The Labute approximate surface area is 235 Å². The summed E-state index contributed by atoms with van der Waals surface area (Å²) >= 11 is 5.90. The van der Waals surface area contributed by atoms with Gasteiger partial charge in [0.2, 0.25) is 0 Å². The van der Waals surface area contributed by atoms with Crippen molar-refractivity contribution in [2.24, 2.45) is 0 Å². The van der Waals surface area contributed by atoms with Crippen LogP contribution in [0.3, 0.4) is 0 Å². The van der Waals surface area contributed by atoms with E-state index in [-0.39, 0.29) is 5.91 Å². The van der Waals surface area contributed by atoms with Crippen molar-refractivity contribution in [3.05, 3.63) is 94.8 Å². The molecule has 6 nitrogen and oxygen atoms in total. The topological polar surface area (TPSA) is 65.4 Å². The molecule has 4 aromatic rings. The van der Waals surface area contributed by atoms with Gasteiger partial charge in [-0.15, -0.1) is 0 Å². The van der Waals surface area contributed by atoms with E-state index in [4.69, 9.17) is 26.1 Å². The predicted octanol–water partition coefficient (Wildman–Crippen LogP) is 7.34. The maximum absolute atomic E-state index is 12.3. The Morgan fingerprint density at radius 1 is 1.00 bits per heavy atom. The van der Waals surface area contributed by atoms with Crippen molar-refractivity contribution in [3.8, 4) is 11.5 Å². The summed E-state index contributed by atoms with van der Waals surface area (Å²) < 4.78 is 13.9. The molecule has 0 spiro atoms. The zero-order chi connectivity index (χ0) is 27.5. The standard InChI is InChI=1S/C32H36ClN3O3/c1-3-10-24-14-19-29(30(23-24)38-2)39-22-9-21-36-28-12-7-6-11-27(28)35-31(36)13-5-4-8-20-34-32(37)25-15-17-26(33)18-16-25/h3,6-7,10-12,14-19,23H,4-5,8-9,13,20-22H2,1-2H3,(H,34,37)/b10-3+. The lowest BCUT2D eigenvalue weighted by Gasteiger charge is -2.13. The van der Waals surface area contributed by atoms with Crippen LogP contribution in [-0.2, 0) is 13.0 Å². The van der Waals surface area contributed by atoms with Gasteiger partial charge in [0.25, 0.3) is 5.91 Å². The van der Waals surface area contributed by atoms with Crippen molar-refractivity contribution < 1.29 is 14.3 Å². The van der Waals surface area contributed by atoms with Gasteiger partial charge in [0.05, 0.1) is 24.8 Å². The first kappa shape index (κ1) is 28.2. The SMILES string of the molecule is C/C=C/c1ccc(OCCCn2c(CCCCCNC(=O)c3ccc(Cl)cc3)nc3ccccc32)c(OC)c1. The molecule has 1 aromatic heterocycles. The number of carbonyl (C=O) groups excluding carboxylic acids is 1. The third-order valence-corrected chi connectivity index (χ3v) is 6.79. The molecule has 4 rings (SSSR count). The first-order chi connectivity index (χ1) is 19.1. The number of benzene rings is 3. The van der Waals surface area contributed by atoms with Crippen molar-refractivity contribution in [2.45, 2.75) is 45.6 Å². The zero-order valence-electron chi connectivity index (χ0n) is 22.7. The number of rotatable bonds is 14. The van der Waals surface area contributed by atoms with Gasteiger partial charge in [-0.2, -0.15) is 0 Å². The number of nitrogens with zero attached hydrogens (tertiary/aromatic N) is 2. The molecule has 0 aliphatic rings. The van der Waals surface area contributed by atoms with E-state index in [9.17, 15) is 4.79 Å². The van der Waals surface area contributed by atoms with Gasteiger partial charge in [-0.25, -0.2) is 4.98 Å². The Hall–Kier alpha value is -3.77. The number of hydrogen-bond donors (Lipinski definition) is 1. The maximum Gasteiger partial charge on any atom is 0.251 e. The molecule has 1 N–H and O–H groups in total. The maximum atomic E-state index is 12.3. The fourth-order valence-electron chi connectivity index (χ4n) is 4.56. The van der Waals surface area contributed by atoms with Gasteiger partial charge in [-0.3, -0.25) is 4.79 Å². The fourth-order valence-corrected chi connectivity index (χ4v) is 4.69. The minimum atomic E-state index is -0.0676. The summed E-state index contributed by atoms with van der Waals surface area (Å²) in [5.74, 6) is 2.52. The number of imidazole rings is 1. The van der Waals surface area contributed by atoms with E-state index in [2.05, 4.69) is 28.1 Å². The van der Waals surface area contributed by atoms with E-state index in [0.29, 0.717) is 23.7 Å². The van der Waals surface area contributed by atoms with E-state index in [1.165, 1.54) is 0 Å². The molecule has 0 bridgehead atoms. The molecule has 1 heterocycles. The smallest absolute Gasteiger partial charge is 0.251 e. The number of amides is 1. The second-order valence-corrected chi connectivity index (χ2v) is 9.79. The summed E-state index contributed by atoms with van der Waals surface area (Å²) in [5, 5.41) is 3.61. The van der Waals surface area contributed by atoms with Crippen LogP contribution in [0.1, 0.15) is 54.4 Å². The minimum Gasteiger partial charge on any atom is -0.493 e. The van der Waals surface area contributed by atoms with Crippen LogP contribution >= 0.6 is 11.6 Å². The number of carbonyl (C=O) groups is 1. The first-order valence-corrected chi connectivity index (χ1v) is 13.9. The van der Waals surface area contributed by atoms with Gasteiger partial charge in [0.1, 0.15) is 5.82 Å². The molecule has 7 heteroatoms. The predicted molar refractivity (Wildman–Crippen MR) is 159 cm³/mol. The number of hydrogen-bond acceptors (Lipinski definition) is 4. The van der Waals surface area contributed by atoms with Crippen molar-refractivity contribution >= 4 is 34.6 Å². The van der Waals surface area contributed by atoms with Crippen LogP contribution in [0.2, 0.25) is 5.02 Å². The van der Waals surface area contributed by atoms with Crippen LogP contribution in [0.4, 0.5) is 0 Å². The van der Waals surface area contributed by atoms with E-state index in [0.717, 1.165) is 72.6 Å². The van der Waals surface area contributed by atoms with E-state index >= 15 is 0 Å². The van der Waals surface area contributed by atoms with Crippen LogP contribution < -0.4 is 14.8 Å². The average Bonchev–Trinajstić information content (AvgIpc) is 3.31. The molecule has 0 unspecified atom stereocenters. The molecule has 0 saturated carbocycles. The van der Waals surface area contributed by atoms with Crippen LogP contribution in [0.5, 0.6) is 11.5 Å². The number of allylic oxidation sites excluding steroid dienone is 1. The van der Waals surface area contributed by atoms with Crippen molar-refractivity contribution in [2.75, 3.05) is 20.3 Å². The summed E-state index contributed by atoms with van der Waals surface area (Å²) in [6.45, 7) is 4.05. The fraction of sp³-hybridized carbons (Fsp3) is 0.312. The Kier molecular flexibility index (Phi) is 10.4. The number of fused-ring (bicyclic) bond motifs is 1. The quantitative estimate of drug-likeness (QED) is 0.168. The van der Waals surface area contributed by atoms with E-state index in [1.54, 1.807) is 31.4 Å². The molecular weight excluding hydrogens is 510 g/mol.